The highest BCUT2D eigenvalue weighted by molar-refractivity contribution is 6.21. The highest BCUT2D eigenvalue weighted by atomic mass is 16.2. The highest BCUT2D eigenvalue weighted by Gasteiger charge is 2.35. The Kier molecular flexibility index (Phi) is 7.18. The topological polar surface area (TPSA) is 86.8 Å². The first-order chi connectivity index (χ1) is 15.0. The van der Waals surface area contributed by atoms with Gasteiger partial charge in [0, 0.05) is 26.6 Å². The van der Waals surface area contributed by atoms with Crippen LogP contribution >= 0.6 is 0 Å². The van der Waals surface area contributed by atoms with Crippen LogP contribution in [0.4, 0.5) is 0 Å². The fourth-order valence-electron chi connectivity index (χ4n) is 3.84. The lowest BCUT2D eigenvalue weighted by Gasteiger charge is -2.30. The van der Waals surface area contributed by atoms with Crippen molar-refractivity contribution < 1.29 is 19.2 Å². The SMILES string of the molecule is CCC(C(=O)NC)N(Cc1ccccc1)C(=O)CCCN1C(=O)c2ccccc2C1=O. The van der Waals surface area contributed by atoms with Crippen molar-refractivity contribution in [1.29, 1.82) is 0 Å². The Morgan fingerprint density at radius 3 is 2.10 bits per heavy atom. The highest BCUT2D eigenvalue weighted by Crippen LogP contribution is 2.23. The van der Waals surface area contributed by atoms with Crippen molar-refractivity contribution in [3.05, 3.63) is 71.3 Å². The summed E-state index contributed by atoms with van der Waals surface area (Å²) >= 11 is 0. The van der Waals surface area contributed by atoms with E-state index in [0.717, 1.165) is 5.56 Å². The summed E-state index contributed by atoms with van der Waals surface area (Å²) in [5, 5.41) is 2.63. The van der Waals surface area contributed by atoms with Gasteiger partial charge in [0.25, 0.3) is 11.8 Å². The standard InChI is InChI=1S/C24H27N3O4/c1-3-20(22(29)25-2)27(16-17-10-5-4-6-11-17)21(28)14-9-15-26-23(30)18-12-7-8-13-19(18)24(26)31/h4-8,10-13,20H,3,9,14-16H2,1-2H3,(H,25,29). The third-order valence-corrected chi connectivity index (χ3v) is 5.48. The molecule has 7 nitrogen and oxygen atoms in total. The summed E-state index contributed by atoms with van der Waals surface area (Å²) in [6.07, 6.45) is 0.949. The molecule has 0 saturated carbocycles. The Morgan fingerprint density at radius 2 is 1.55 bits per heavy atom. The minimum absolute atomic E-state index is 0.133. The second-order valence-corrected chi connectivity index (χ2v) is 7.46. The molecule has 2 aromatic carbocycles. The normalized spacial score (nSPS) is 13.7. The maximum atomic E-state index is 13.1. The summed E-state index contributed by atoms with van der Waals surface area (Å²) in [6, 6.07) is 15.6. The minimum Gasteiger partial charge on any atom is -0.357 e. The quantitative estimate of drug-likeness (QED) is 0.631. The molecule has 1 unspecified atom stereocenters. The van der Waals surface area contributed by atoms with Crippen LogP contribution in [0, 0.1) is 0 Å². The van der Waals surface area contributed by atoms with Crippen LogP contribution < -0.4 is 5.32 Å². The fraction of sp³-hybridized carbons (Fsp3) is 0.333. The van der Waals surface area contributed by atoms with Crippen LogP contribution in [-0.2, 0) is 16.1 Å². The summed E-state index contributed by atoms with van der Waals surface area (Å²) in [5.41, 5.74) is 1.73. The molecule has 0 aliphatic carbocycles. The molecule has 0 radical (unpaired) electrons. The molecule has 7 heteroatoms. The molecule has 0 spiro atoms. The van der Waals surface area contributed by atoms with E-state index in [4.69, 9.17) is 0 Å². The van der Waals surface area contributed by atoms with E-state index in [-0.39, 0.29) is 36.6 Å². The zero-order chi connectivity index (χ0) is 22.4. The predicted octanol–water partition coefficient (Wildman–Crippen LogP) is 2.62. The van der Waals surface area contributed by atoms with Crippen LogP contribution in [0.1, 0.15) is 52.5 Å². The first kappa shape index (κ1) is 22.2. The van der Waals surface area contributed by atoms with Crippen molar-refractivity contribution in [3.8, 4) is 0 Å². The van der Waals surface area contributed by atoms with Gasteiger partial charge in [0.2, 0.25) is 11.8 Å². The van der Waals surface area contributed by atoms with E-state index in [0.29, 0.717) is 30.5 Å². The number of nitrogens with one attached hydrogen (secondary N) is 1. The number of carbonyl (C=O) groups is 4. The van der Waals surface area contributed by atoms with Gasteiger partial charge in [0.15, 0.2) is 0 Å². The number of fused-ring (bicyclic) bond motifs is 1. The van der Waals surface area contributed by atoms with Gasteiger partial charge in [-0.25, -0.2) is 0 Å². The number of carbonyl (C=O) groups excluding carboxylic acids is 4. The van der Waals surface area contributed by atoms with Gasteiger partial charge < -0.3 is 10.2 Å². The van der Waals surface area contributed by atoms with Crippen LogP contribution in [-0.4, -0.2) is 53.1 Å². The number of imide groups is 1. The molecule has 0 bridgehead atoms. The Morgan fingerprint density at radius 1 is 0.968 bits per heavy atom. The van der Waals surface area contributed by atoms with Crippen molar-refractivity contribution in [2.24, 2.45) is 0 Å². The average molecular weight is 421 g/mol. The van der Waals surface area contributed by atoms with Crippen molar-refractivity contribution in [2.75, 3.05) is 13.6 Å². The summed E-state index contributed by atoms with van der Waals surface area (Å²) in [7, 11) is 1.55. The predicted molar refractivity (Wildman–Crippen MR) is 116 cm³/mol. The second kappa shape index (κ2) is 10.0. The van der Waals surface area contributed by atoms with Crippen molar-refractivity contribution in [3.63, 3.8) is 0 Å². The average Bonchev–Trinajstić information content (AvgIpc) is 3.04. The molecule has 1 aliphatic heterocycles. The number of hydrogen-bond acceptors (Lipinski definition) is 4. The lowest BCUT2D eigenvalue weighted by molar-refractivity contribution is -0.141. The summed E-state index contributed by atoms with van der Waals surface area (Å²) < 4.78 is 0. The van der Waals surface area contributed by atoms with Gasteiger partial charge in [-0.3, -0.25) is 24.1 Å². The maximum Gasteiger partial charge on any atom is 0.261 e. The first-order valence-electron chi connectivity index (χ1n) is 10.5. The van der Waals surface area contributed by atoms with E-state index in [1.807, 2.05) is 37.3 Å². The largest absolute Gasteiger partial charge is 0.357 e. The van der Waals surface area contributed by atoms with E-state index in [9.17, 15) is 19.2 Å². The Bertz CT molecular complexity index is 939. The molecule has 3 rings (SSSR count). The zero-order valence-electron chi connectivity index (χ0n) is 17.8. The van der Waals surface area contributed by atoms with Gasteiger partial charge >= 0.3 is 0 Å². The lowest BCUT2D eigenvalue weighted by atomic mass is 10.1. The number of nitrogens with zero attached hydrogens (tertiary/aromatic N) is 2. The molecule has 0 fully saturated rings. The van der Waals surface area contributed by atoms with Crippen LogP contribution in [0.5, 0.6) is 0 Å². The van der Waals surface area contributed by atoms with Gasteiger partial charge in [-0.1, -0.05) is 49.4 Å². The summed E-state index contributed by atoms with van der Waals surface area (Å²) in [5.74, 6) is -1.06. The van der Waals surface area contributed by atoms with Gasteiger partial charge in [0.1, 0.15) is 6.04 Å². The molecule has 162 valence electrons. The fourth-order valence-corrected chi connectivity index (χ4v) is 3.84. The van der Waals surface area contributed by atoms with E-state index < -0.39 is 6.04 Å². The maximum absolute atomic E-state index is 13.1. The molecule has 31 heavy (non-hydrogen) atoms. The van der Waals surface area contributed by atoms with Crippen LogP contribution in [0.3, 0.4) is 0 Å². The molecule has 1 aliphatic rings. The Labute approximate surface area is 182 Å². The third kappa shape index (κ3) is 4.82. The molecule has 0 saturated heterocycles. The Balaban J connectivity index is 1.67. The lowest BCUT2D eigenvalue weighted by Crippen LogP contribution is -2.48. The zero-order valence-corrected chi connectivity index (χ0v) is 17.8. The molecule has 1 atom stereocenters. The van der Waals surface area contributed by atoms with Crippen LogP contribution in [0.15, 0.2) is 54.6 Å². The Hall–Kier alpha value is -3.48. The van der Waals surface area contributed by atoms with Gasteiger partial charge in [-0.15, -0.1) is 0 Å². The smallest absolute Gasteiger partial charge is 0.261 e. The number of rotatable bonds is 9. The van der Waals surface area contributed by atoms with Crippen molar-refractivity contribution in [2.45, 2.75) is 38.8 Å². The number of hydrogen-bond donors (Lipinski definition) is 1. The molecule has 2 aromatic rings. The molecular formula is C24H27N3O4. The van der Waals surface area contributed by atoms with Crippen molar-refractivity contribution in [1.82, 2.24) is 15.1 Å². The van der Waals surface area contributed by atoms with E-state index >= 15 is 0 Å². The van der Waals surface area contributed by atoms with E-state index in [2.05, 4.69) is 5.32 Å². The van der Waals surface area contributed by atoms with Gasteiger partial charge in [0.05, 0.1) is 11.1 Å². The number of benzene rings is 2. The third-order valence-electron chi connectivity index (χ3n) is 5.48. The van der Waals surface area contributed by atoms with Crippen LogP contribution in [0.25, 0.3) is 0 Å². The van der Waals surface area contributed by atoms with Crippen LogP contribution in [0.2, 0.25) is 0 Å². The van der Waals surface area contributed by atoms with Gasteiger partial charge in [-0.2, -0.15) is 0 Å². The monoisotopic (exact) mass is 421 g/mol. The van der Waals surface area contributed by atoms with Crippen molar-refractivity contribution >= 4 is 23.6 Å². The molecule has 0 aromatic heterocycles. The summed E-state index contributed by atoms with van der Waals surface area (Å²) in [6.45, 7) is 2.34. The minimum atomic E-state index is -0.586. The number of likely N-dealkylation sites (N-methyl/N-ethyl adjacent to an activating group) is 1. The number of amides is 4. The molecule has 4 amide bonds. The second-order valence-electron chi connectivity index (χ2n) is 7.46. The van der Waals surface area contributed by atoms with Gasteiger partial charge in [-0.05, 0) is 30.5 Å². The van der Waals surface area contributed by atoms with E-state index in [1.54, 1.807) is 36.2 Å². The molecule has 1 N–H and O–H groups in total. The molecular weight excluding hydrogens is 394 g/mol. The summed E-state index contributed by atoms with van der Waals surface area (Å²) in [4.78, 5) is 53.2. The van der Waals surface area contributed by atoms with E-state index in [1.165, 1.54) is 4.90 Å². The molecule has 1 heterocycles. The first-order valence-corrected chi connectivity index (χ1v) is 10.5.